The van der Waals surface area contributed by atoms with E-state index in [0.717, 1.165) is 30.6 Å². The van der Waals surface area contributed by atoms with E-state index in [1.807, 2.05) is 0 Å². The zero-order valence-electron chi connectivity index (χ0n) is 13.5. The van der Waals surface area contributed by atoms with Crippen LogP contribution in [0, 0.1) is 11.8 Å². The van der Waals surface area contributed by atoms with Crippen LogP contribution in [0.3, 0.4) is 0 Å². The van der Waals surface area contributed by atoms with Crippen LogP contribution in [0.4, 0.5) is 0 Å². The molecule has 21 heavy (non-hydrogen) atoms. The highest BCUT2D eigenvalue weighted by Gasteiger charge is 2.25. The van der Waals surface area contributed by atoms with E-state index in [4.69, 9.17) is 4.74 Å². The quantitative estimate of drug-likeness (QED) is 0.839. The lowest BCUT2D eigenvalue weighted by Gasteiger charge is -2.20. The van der Waals surface area contributed by atoms with E-state index in [0.29, 0.717) is 12.1 Å². The fourth-order valence-corrected chi connectivity index (χ4v) is 3.87. The molecule has 0 radical (unpaired) electrons. The Morgan fingerprint density at radius 1 is 1.14 bits per heavy atom. The Kier molecular flexibility index (Phi) is 4.84. The first-order valence-electron chi connectivity index (χ1n) is 8.70. The third-order valence-corrected chi connectivity index (χ3v) is 5.30. The lowest BCUT2D eigenvalue weighted by molar-refractivity contribution is 0.218. The zero-order chi connectivity index (χ0) is 14.7. The number of rotatable bonds is 4. The molecule has 1 aromatic carbocycles. The summed E-state index contributed by atoms with van der Waals surface area (Å²) in [7, 11) is 0. The molecule has 3 unspecified atom stereocenters. The zero-order valence-corrected chi connectivity index (χ0v) is 13.5. The molecule has 0 bridgehead atoms. The van der Waals surface area contributed by atoms with E-state index in [1.54, 1.807) is 0 Å². The van der Waals surface area contributed by atoms with Gasteiger partial charge in [-0.2, -0.15) is 0 Å². The van der Waals surface area contributed by atoms with Gasteiger partial charge >= 0.3 is 0 Å². The van der Waals surface area contributed by atoms with Crippen LogP contribution < -0.4 is 10.1 Å². The van der Waals surface area contributed by atoms with Crippen LogP contribution in [-0.4, -0.2) is 18.7 Å². The van der Waals surface area contributed by atoms with Crippen molar-refractivity contribution in [1.29, 1.82) is 0 Å². The highest BCUT2D eigenvalue weighted by Crippen LogP contribution is 2.30. The standard InChI is InChI=1S/C19H29NO/c1-14(2)15-7-5-8-17(11-10-15)20-13-18-12-16-6-3-4-9-19(16)21-18/h3-4,6,9,14-15,17-18,20H,5,7-8,10-13H2,1-2H3. The Morgan fingerprint density at radius 2 is 2.00 bits per heavy atom. The summed E-state index contributed by atoms with van der Waals surface area (Å²) < 4.78 is 6.03. The molecule has 0 aromatic heterocycles. The number of hydrogen-bond donors (Lipinski definition) is 1. The third kappa shape index (κ3) is 3.79. The number of benzene rings is 1. The lowest BCUT2D eigenvalue weighted by Crippen LogP contribution is -2.37. The van der Waals surface area contributed by atoms with E-state index in [9.17, 15) is 0 Å². The number of hydrogen-bond acceptors (Lipinski definition) is 2. The molecule has 2 aliphatic rings. The lowest BCUT2D eigenvalue weighted by atomic mass is 9.89. The summed E-state index contributed by atoms with van der Waals surface area (Å²) in [6.07, 6.45) is 8.25. The molecular weight excluding hydrogens is 258 g/mol. The van der Waals surface area contributed by atoms with Crippen LogP contribution in [0.5, 0.6) is 5.75 Å². The van der Waals surface area contributed by atoms with Gasteiger partial charge in [-0.25, -0.2) is 0 Å². The fraction of sp³-hybridized carbons (Fsp3) is 0.684. The Bertz CT molecular complexity index is 432. The first-order chi connectivity index (χ1) is 10.2. The Labute approximate surface area is 129 Å². The fourth-order valence-electron chi connectivity index (χ4n) is 3.87. The van der Waals surface area contributed by atoms with Crippen molar-refractivity contribution in [2.45, 2.75) is 64.5 Å². The van der Waals surface area contributed by atoms with Crippen molar-refractivity contribution >= 4 is 0 Å². The van der Waals surface area contributed by atoms with Crippen molar-refractivity contribution in [3.63, 3.8) is 0 Å². The van der Waals surface area contributed by atoms with Gasteiger partial charge in [-0.15, -0.1) is 0 Å². The maximum absolute atomic E-state index is 6.03. The van der Waals surface area contributed by atoms with E-state index < -0.39 is 0 Å². The van der Waals surface area contributed by atoms with Crippen LogP contribution in [0.25, 0.3) is 0 Å². The van der Waals surface area contributed by atoms with Crippen molar-refractivity contribution < 1.29 is 4.74 Å². The van der Waals surface area contributed by atoms with E-state index in [-0.39, 0.29) is 0 Å². The molecule has 1 saturated carbocycles. The molecule has 1 fully saturated rings. The SMILES string of the molecule is CC(C)C1CCCC(NCC2Cc3ccccc3O2)CC1. The largest absolute Gasteiger partial charge is 0.488 e. The van der Waals surface area contributed by atoms with E-state index in [1.165, 1.54) is 37.7 Å². The molecule has 0 amide bonds. The van der Waals surface area contributed by atoms with Crippen molar-refractivity contribution in [3.05, 3.63) is 29.8 Å². The Hall–Kier alpha value is -1.02. The number of ether oxygens (including phenoxy) is 1. The molecule has 3 rings (SSSR count). The van der Waals surface area contributed by atoms with Gasteiger partial charge in [0.25, 0.3) is 0 Å². The summed E-state index contributed by atoms with van der Waals surface area (Å²) in [5.41, 5.74) is 1.37. The normalized spacial score (nSPS) is 29.0. The first-order valence-corrected chi connectivity index (χ1v) is 8.70. The number of fused-ring (bicyclic) bond motifs is 1. The molecule has 1 aliphatic heterocycles. The molecule has 1 N–H and O–H groups in total. The van der Waals surface area contributed by atoms with E-state index in [2.05, 4.69) is 43.4 Å². The summed E-state index contributed by atoms with van der Waals surface area (Å²) >= 11 is 0. The summed E-state index contributed by atoms with van der Waals surface area (Å²) in [6.45, 7) is 5.75. The maximum Gasteiger partial charge on any atom is 0.123 e. The topological polar surface area (TPSA) is 21.3 Å². The van der Waals surface area contributed by atoms with Crippen molar-refractivity contribution in [1.82, 2.24) is 5.32 Å². The average Bonchev–Trinajstić information content (AvgIpc) is 2.74. The maximum atomic E-state index is 6.03. The Balaban J connectivity index is 1.44. The van der Waals surface area contributed by atoms with Gasteiger partial charge in [0.2, 0.25) is 0 Å². The highest BCUT2D eigenvalue weighted by atomic mass is 16.5. The third-order valence-electron chi connectivity index (χ3n) is 5.30. The summed E-state index contributed by atoms with van der Waals surface area (Å²) in [4.78, 5) is 0. The molecule has 2 nitrogen and oxygen atoms in total. The minimum atomic E-state index is 0.326. The van der Waals surface area contributed by atoms with Crippen LogP contribution in [0.2, 0.25) is 0 Å². The van der Waals surface area contributed by atoms with Crippen LogP contribution >= 0.6 is 0 Å². The molecule has 1 heterocycles. The molecule has 2 heteroatoms. The van der Waals surface area contributed by atoms with Crippen molar-refractivity contribution in [2.24, 2.45) is 11.8 Å². The van der Waals surface area contributed by atoms with Gasteiger partial charge in [-0.05, 0) is 42.7 Å². The minimum absolute atomic E-state index is 0.326. The van der Waals surface area contributed by atoms with Gasteiger partial charge in [0.05, 0.1) is 0 Å². The summed E-state index contributed by atoms with van der Waals surface area (Å²) in [6, 6.07) is 9.14. The van der Waals surface area contributed by atoms with Crippen LogP contribution in [-0.2, 0) is 6.42 Å². The van der Waals surface area contributed by atoms with Crippen LogP contribution in [0.1, 0.15) is 51.5 Å². The minimum Gasteiger partial charge on any atom is -0.488 e. The van der Waals surface area contributed by atoms with E-state index >= 15 is 0 Å². The van der Waals surface area contributed by atoms with Gasteiger partial charge in [0.1, 0.15) is 11.9 Å². The molecule has 0 saturated heterocycles. The predicted molar refractivity (Wildman–Crippen MR) is 87.8 cm³/mol. The summed E-state index contributed by atoms with van der Waals surface area (Å²) in [5.74, 6) is 2.87. The van der Waals surface area contributed by atoms with Gasteiger partial charge < -0.3 is 10.1 Å². The highest BCUT2D eigenvalue weighted by molar-refractivity contribution is 5.37. The molecular formula is C19H29NO. The molecule has 1 aliphatic carbocycles. The smallest absolute Gasteiger partial charge is 0.123 e. The second-order valence-corrected chi connectivity index (χ2v) is 7.17. The number of para-hydroxylation sites is 1. The molecule has 0 spiro atoms. The second kappa shape index (κ2) is 6.83. The van der Waals surface area contributed by atoms with Gasteiger partial charge in [0.15, 0.2) is 0 Å². The first kappa shape index (κ1) is 14.9. The van der Waals surface area contributed by atoms with Crippen molar-refractivity contribution in [3.8, 4) is 5.75 Å². The molecule has 3 atom stereocenters. The summed E-state index contributed by atoms with van der Waals surface area (Å²) in [5, 5.41) is 3.77. The van der Waals surface area contributed by atoms with Gasteiger partial charge in [-0.3, -0.25) is 0 Å². The predicted octanol–water partition coefficient (Wildman–Crippen LogP) is 4.18. The monoisotopic (exact) mass is 287 g/mol. The second-order valence-electron chi connectivity index (χ2n) is 7.17. The van der Waals surface area contributed by atoms with Gasteiger partial charge in [0, 0.05) is 19.0 Å². The molecule has 1 aromatic rings. The Morgan fingerprint density at radius 3 is 2.81 bits per heavy atom. The van der Waals surface area contributed by atoms with Crippen LogP contribution in [0.15, 0.2) is 24.3 Å². The molecule has 116 valence electrons. The average molecular weight is 287 g/mol. The van der Waals surface area contributed by atoms with Crippen molar-refractivity contribution in [2.75, 3.05) is 6.54 Å². The number of nitrogens with one attached hydrogen (secondary N) is 1. The van der Waals surface area contributed by atoms with Gasteiger partial charge in [-0.1, -0.05) is 44.9 Å².